The first-order valence-electron chi connectivity index (χ1n) is 9.31. The van der Waals surface area contributed by atoms with Crippen LogP contribution in [0.15, 0.2) is 78.9 Å². The van der Waals surface area contributed by atoms with Crippen LogP contribution in [0.3, 0.4) is 0 Å². The predicted molar refractivity (Wildman–Crippen MR) is 111 cm³/mol. The lowest BCUT2D eigenvalue weighted by atomic mass is 9.89. The van der Waals surface area contributed by atoms with Crippen molar-refractivity contribution in [3.8, 4) is 0 Å². The number of amides is 2. The van der Waals surface area contributed by atoms with Crippen LogP contribution in [-0.2, 0) is 11.2 Å². The molecule has 0 bridgehead atoms. The fourth-order valence-electron chi connectivity index (χ4n) is 4.02. The molecule has 5 rings (SSSR count). The van der Waals surface area contributed by atoms with Gasteiger partial charge in [0, 0.05) is 17.4 Å². The van der Waals surface area contributed by atoms with Crippen LogP contribution in [0.4, 0.5) is 5.69 Å². The van der Waals surface area contributed by atoms with Crippen molar-refractivity contribution in [2.75, 3.05) is 5.32 Å². The second kappa shape index (κ2) is 6.50. The molecule has 1 atom stereocenters. The van der Waals surface area contributed by atoms with E-state index < -0.39 is 6.04 Å². The second-order valence-electron chi connectivity index (χ2n) is 7.03. The zero-order valence-corrected chi connectivity index (χ0v) is 15.1. The highest BCUT2D eigenvalue weighted by Crippen LogP contribution is 2.39. The molecule has 4 aromatic carbocycles. The summed E-state index contributed by atoms with van der Waals surface area (Å²) in [5.74, 6) is -0.425. The Hall–Kier alpha value is -3.66. The van der Waals surface area contributed by atoms with Gasteiger partial charge >= 0.3 is 0 Å². The molecule has 2 N–H and O–H groups in total. The topological polar surface area (TPSA) is 58.2 Å². The number of benzene rings is 4. The van der Waals surface area contributed by atoms with Gasteiger partial charge in [-0.3, -0.25) is 9.59 Å². The molecule has 0 aromatic heterocycles. The van der Waals surface area contributed by atoms with Crippen molar-refractivity contribution in [3.63, 3.8) is 0 Å². The minimum absolute atomic E-state index is 0.183. The fraction of sp³-hybridized carbons (Fsp3) is 0.0833. The standard InChI is InChI=1S/C24H18N2O2/c27-23(15-8-2-1-3-9-15)25-21-14-20-18-12-5-4-10-16(18)17-11-6-7-13-19(17)22(20)26-24(21)28/h1-13,21H,14H2,(H,25,27)(H,26,28). The smallest absolute Gasteiger partial charge is 0.251 e. The van der Waals surface area contributed by atoms with Crippen LogP contribution < -0.4 is 10.6 Å². The van der Waals surface area contributed by atoms with Crippen LogP contribution >= 0.6 is 0 Å². The van der Waals surface area contributed by atoms with Gasteiger partial charge in [0.1, 0.15) is 6.04 Å². The van der Waals surface area contributed by atoms with Crippen molar-refractivity contribution < 1.29 is 9.59 Å². The van der Waals surface area contributed by atoms with Gasteiger partial charge in [-0.15, -0.1) is 0 Å². The van der Waals surface area contributed by atoms with Crippen LogP contribution in [-0.4, -0.2) is 17.9 Å². The van der Waals surface area contributed by atoms with Gasteiger partial charge in [0.2, 0.25) is 5.91 Å². The summed E-state index contributed by atoms with van der Waals surface area (Å²) in [6.45, 7) is 0. The molecule has 4 nitrogen and oxygen atoms in total. The summed E-state index contributed by atoms with van der Waals surface area (Å²) in [5.41, 5.74) is 2.46. The summed E-state index contributed by atoms with van der Waals surface area (Å²) in [7, 11) is 0. The lowest BCUT2D eigenvalue weighted by Crippen LogP contribution is -2.47. The Labute approximate surface area is 162 Å². The minimum Gasteiger partial charge on any atom is -0.340 e. The number of carbonyl (C=O) groups excluding carboxylic acids is 2. The molecule has 0 fully saturated rings. The maximum atomic E-state index is 12.8. The number of anilines is 1. The maximum Gasteiger partial charge on any atom is 0.251 e. The van der Waals surface area contributed by atoms with E-state index in [1.54, 1.807) is 12.1 Å². The van der Waals surface area contributed by atoms with Gasteiger partial charge in [0.25, 0.3) is 5.91 Å². The third-order valence-corrected chi connectivity index (χ3v) is 5.35. The quantitative estimate of drug-likeness (QED) is 0.520. The number of hydrogen-bond acceptors (Lipinski definition) is 2. The largest absolute Gasteiger partial charge is 0.340 e. The first kappa shape index (κ1) is 16.5. The number of fused-ring (bicyclic) bond motifs is 6. The Balaban J connectivity index is 1.60. The SMILES string of the molecule is O=C(NC1Cc2c(c3ccccc3c3ccccc23)NC1=O)c1ccccc1. The van der Waals surface area contributed by atoms with Crippen molar-refractivity contribution in [2.45, 2.75) is 12.5 Å². The van der Waals surface area contributed by atoms with E-state index in [2.05, 4.69) is 28.8 Å². The molecule has 1 heterocycles. The van der Waals surface area contributed by atoms with Crippen LogP contribution in [0.1, 0.15) is 15.9 Å². The van der Waals surface area contributed by atoms with E-state index in [4.69, 9.17) is 0 Å². The molecule has 1 aliphatic rings. The van der Waals surface area contributed by atoms with Gasteiger partial charge in [0.05, 0.1) is 5.69 Å². The highest BCUT2D eigenvalue weighted by Gasteiger charge is 2.30. The van der Waals surface area contributed by atoms with Gasteiger partial charge in [-0.2, -0.15) is 0 Å². The molecule has 0 saturated carbocycles. The molecule has 0 aliphatic carbocycles. The number of hydrogen-bond donors (Lipinski definition) is 2. The summed E-state index contributed by atoms with van der Waals surface area (Å²) in [4.78, 5) is 25.3. The first-order chi connectivity index (χ1) is 13.7. The summed E-state index contributed by atoms with van der Waals surface area (Å²) in [5, 5.41) is 10.3. The van der Waals surface area contributed by atoms with E-state index in [-0.39, 0.29) is 11.8 Å². The zero-order valence-electron chi connectivity index (χ0n) is 15.1. The Morgan fingerprint density at radius 3 is 2.07 bits per heavy atom. The van der Waals surface area contributed by atoms with E-state index in [9.17, 15) is 9.59 Å². The number of carbonyl (C=O) groups is 2. The summed E-state index contributed by atoms with van der Waals surface area (Å²) < 4.78 is 0. The van der Waals surface area contributed by atoms with Gasteiger partial charge in [-0.25, -0.2) is 0 Å². The van der Waals surface area contributed by atoms with Crippen molar-refractivity contribution in [3.05, 3.63) is 90.0 Å². The highest BCUT2D eigenvalue weighted by atomic mass is 16.2. The zero-order chi connectivity index (χ0) is 19.1. The van der Waals surface area contributed by atoms with Crippen molar-refractivity contribution in [1.29, 1.82) is 0 Å². The van der Waals surface area contributed by atoms with E-state index in [0.717, 1.165) is 32.8 Å². The van der Waals surface area contributed by atoms with Gasteiger partial charge in [-0.05, 0) is 33.9 Å². The molecule has 2 amide bonds. The minimum atomic E-state index is -0.607. The van der Waals surface area contributed by atoms with E-state index in [1.165, 1.54) is 0 Å². The predicted octanol–water partition coefficient (Wildman–Crippen LogP) is 4.29. The molecule has 0 radical (unpaired) electrons. The van der Waals surface area contributed by atoms with Gasteiger partial charge in [0.15, 0.2) is 0 Å². The summed E-state index contributed by atoms with van der Waals surface area (Å²) >= 11 is 0. The van der Waals surface area contributed by atoms with Crippen LogP contribution in [0.2, 0.25) is 0 Å². The van der Waals surface area contributed by atoms with Gasteiger partial charge < -0.3 is 10.6 Å². The Bertz CT molecular complexity index is 1230. The Kier molecular flexibility index (Phi) is 3.83. The third-order valence-electron chi connectivity index (χ3n) is 5.35. The summed E-state index contributed by atoms with van der Waals surface area (Å²) in [6, 6.07) is 24.7. The number of nitrogens with one attached hydrogen (secondary N) is 2. The number of rotatable bonds is 2. The molecular weight excluding hydrogens is 348 g/mol. The lowest BCUT2D eigenvalue weighted by molar-refractivity contribution is -0.118. The highest BCUT2D eigenvalue weighted by molar-refractivity contribution is 6.19. The molecular formula is C24H18N2O2. The normalized spacial score (nSPS) is 15.9. The molecule has 0 saturated heterocycles. The molecule has 0 spiro atoms. The lowest BCUT2D eigenvalue weighted by Gasteiger charge is -2.28. The molecule has 136 valence electrons. The molecule has 28 heavy (non-hydrogen) atoms. The molecule has 1 aliphatic heterocycles. The Morgan fingerprint density at radius 1 is 0.786 bits per heavy atom. The van der Waals surface area contributed by atoms with Crippen molar-refractivity contribution >= 4 is 39.0 Å². The van der Waals surface area contributed by atoms with Crippen LogP contribution in [0.25, 0.3) is 21.5 Å². The Morgan fingerprint density at radius 2 is 1.36 bits per heavy atom. The maximum absolute atomic E-state index is 12.8. The molecule has 4 aromatic rings. The van der Waals surface area contributed by atoms with E-state index >= 15 is 0 Å². The van der Waals surface area contributed by atoms with Crippen molar-refractivity contribution in [2.24, 2.45) is 0 Å². The average Bonchev–Trinajstić information content (AvgIpc) is 2.75. The molecule has 1 unspecified atom stereocenters. The van der Waals surface area contributed by atoms with E-state index in [1.807, 2.05) is 48.5 Å². The molecule has 4 heteroatoms. The monoisotopic (exact) mass is 366 g/mol. The first-order valence-corrected chi connectivity index (χ1v) is 9.31. The van der Waals surface area contributed by atoms with Crippen LogP contribution in [0.5, 0.6) is 0 Å². The summed E-state index contributed by atoms with van der Waals surface area (Å²) in [6.07, 6.45) is 0.463. The average molecular weight is 366 g/mol. The third kappa shape index (κ3) is 2.62. The van der Waals surface area contributed by atoms with Crippen LogP contribution in [0, 0.1) is 0 Å². The van der Waals surface area contributed by atoms with Crippen molar-refractivity contribution in [1.82, 2.24) is 5.32 Å². The van der Waals surface area contributed by atoms with Gasteiger partial charge in [-0.1, -0.05) is 66.7 Å². The second-order valence-corrected chi connectivity index (χ2v) is 7.03. The van der Waals surface area contributed by atoms with E-state index in [0.29, 0.717) is 12.0 Å². The fourth-order valence-corrected chi connectivity index (χ4v) is 4.02.